The van der Waals surface area contributed by atoms with Gasteiger partial charge in [-0.2, -0.15) is 0 Å². The van der Waals surface area contributed by atoms with Crippen LogP contribution in [0.3, 0.4) is 0 Å². The van der Waals surface area contributed by atoms with E-state index in [0.29, 0.717) is 6.42 Å². The van der Waals surface area contributed by atoms with E-state index in [4.69, 9.17) is 0 Å². The number of carbonyl (C=O) groups excluding carboxylic acids is 1. The normalized spacial score (nSPS) is 15.1. The van der Waals surface area contributed by atoms with Crippen LogP contribution in [0.4, 0.5) is 0 Å². The van der Waals surface area contributed by atoms with Crippen molar-refractivity contribution in [2.24, 2.45) is 0 Å². The minimum Gasteiger partial charge on any atom is -0.346 e. The Morgan fingerprint density at radius 3 is 2.59 bits per heavy atom. The number of rotatable bonds is 7. The smallest absolute Gasteiger partial charge is 0.220 e. The first kappa shape index (κ1) is 22.2. The van der Waals surface area contributed by atoms with E-state index >= 15 is 0 Å². The largest absolute Gasteiger partial charge is 0.346 e. The number of hydrogen-bond donors (Lipinski definition) is 1. The molecule has 0 aliphatic carbocycles. The van der Waals surface area contributed by atoms with Crippen LogP contribution in [0, 0.1) is 13.8 Å². The molecule has 168 valence electrons. The topological polar surface area (TPSA) is 63.1 Å². The summed E-state index contributed by atoms with van der Waals surface area (Å²) in [5, 5.41) is 12.0. The molecule has 3 aromatic rings. The van der Waals surface area contributed by atoms with Gasteiger partial charge < -0.3 is 9.88 Å². The van der Waals surface area contributed by atoms with E-state index in [-0.39, 0.29) is 11.9 Å². The van der Waals surface area contributed by atoms with Crippen LogP contribution in [0.25, 0.3) is 0 Å². The third-order valence-corrected chi connectivity index (χ3v) is 6.37. The summed E-state index contributed by atoms with van der Waals surface area (Å²) < 4.78 is 2.20. The Labute approximate surface area is 190 Å². The van der Waals surface area contributed by atoms with Gasteiger partial charge in [0.15, 0.2) is 5.82 Å². The second-order valence-electron chi connectivity index (χ2n) is 8.85. The molecular weight excluding hydrogens is 398 g/mol. The molecule has 1 aliphatic rings. The number of aromatic nitrogens is 3. The first-order chi connectivity index (χ1) is 15.5. The summed E-state index contributed by atoms with van der Waals surface area (Å²) in [6, 6.07) is 16.7. The van der Waals surface area contributed by atoms with Gasteiger partial charge in [0.25, 0.3) is 0 Å². The van der Waals surface area contributed by atoms with E-state index in [1.54, 1.807) is 0 Å². The van der Waals surface area contributed by atoms with Gasteiger partial charge in [-0.3, -0.25) is 9.69 Å². The molecule has 2 heterocycles. The van der Waals surface area contributed by atoms with Gasteiger partial charge in [0.05, 0.1) is 6.04 Å². The molecule has 1 amide bonds. The standard InChI is InChI=1S/C26H33N5O/c1-19-9-10-23(17-20(19)2)18-30-14-13-24-28-29-26(31(24)16-15-30)21(3)27-25(32)12-11-22-7-5-4-6-8-22/h4-10,17,21H,11-16,18H2,1-3H3,(H,27,32). The number of aryl methyl sites for hydroxylation is 3. The fourth-order valence-corrected chi connectivity index (χ4v) is 4.31. The van der Waals surface area contributed by atoms with Crippen LogP contribution < -0.4 is 5.32 Å². The Bertz CT molecular complexity index is 1060. The third kappa shape index (κ3) is 5.43. The highest BCUT2D eigenvalue weighted by Gasteiger charge is 2.22. The summed E-state index contributed by atoms with van der Waals surface area (Å²) in [6.45, 7) is 10.0. The van der Waals surface area contributed by atoms with Crippen molar-refractivity contribution >= 4 is 5.91 Å². The first-order valence-corrected chi connectivity index (χ1v) is 11.5. The predicted octanol–water partition coefficient (Wildman–Crippen LogP) is 3.76. The Hall–Kier alpha value is -2.99. The van der Waals surface area contributed by atoms with Crippen LogP contribution in [0.5, 0.6) is 0 Å². The van der Waals surface area contributed by atoms with Crippen LogP contribution in [-0.4, -0.2) is 38.7 Å². The lowest BCUT2D eigenvalue weighted by molar-refractivity contribution is -0.121. The van der Waals surface area contributed by atoms with E-state index in [9.17, 15) is 4.79 Å². The van der Waals surface area contributed by atoms with Crippen LogP contribution in [0.1, 0.15) is 53.3 Å². The summed E-state index contributed by atoms with van der Waals surface area (Å²) >= 11 is 0. The maximum absolute atomic E-state index is 12.5. The minimum atomic E-state index is -0.161. The van der Waals surface area contributed by atoms with Gasteiger partial charge in [0, 0.05) is 39.0 Å². The van der Waals surface area contributed by atoms with E-state index in [1.165, 1.54) is 22.3 Å². The zero-order valence-corrected chi connectivity index (χ0v) is 19.3. The monoisotopic (exact) mass is 431 g/mol. The summed E-state index contributed by atoms with van der Waals surface area (Å²) in [4.78, 5) is 15.0. The average molecular weight is 432 g/mol. The zero-order valence-electron chi connectivity index (χ0n) is 19.3. The van der Waals surface area contributed by atoms with Crippen molar-refractivity contribution in [2.75, 3.05) is 13.1 Å². The molecule has 32 heavy (non-hydrogen) atoms. The third-order valence-electron chi connectivity index (χ3n) is 6.37. The van der Waals surface area contributed by atoms with Crippen molar-refractivity contribution in [3.8, 4) is 0 Å². The van der Waals surface area contributed by atoms with Gasteiger partial charge >= 0.3 is 0 Å². The number of fused-ring (bicyclic) bond motifs is 1. The van der Waals surface area contributed by atoms with Gasteiger partial charge in [-0.05, 0) is 49.4 Å². The number of nitrogens with zero attached hydrogens (tertiary/aromatic N) is 4. The molecule has 2 aromatic carbocycles. The number of nitrogens with one attached hydrogen (secondary N) is 1. The molecule has 1 aromatic heterocycles. The summed E-state index contributed by atoms with van der Waals surface area (Å²) in [7, 11) is 0. The van der Waals surface area contributed by atoms with E-state index < -0.39 is 0 Å². The highest BCUT2D eigenvalue weighted by atomic mass is 16.1. The SMILES string of the molecule is Cc1ccc(CN2CCc3nnc(C(C)NC(=O)CCc4ccccc4)n3CC2)cc1C. The number of hydrogen-bond acceptors (Lipinski definition) is 4. The Kier molecular flexibility index (Phi) is 7.00. The van der Waals surface area contributed by atoms with Crippen molar-refractivity contribution in [1.82, 2.24) is 25.0 Å². The summed E-state index contributed by atoms with van der Waals surface area (Å²) in [5.74, 6) is 1.90. The van der Waals surface area contributed by atoms with Crippen LogP contribution in [0.2, 0.25) is 0 Å². The molecule has 6 heteroatoms. The predicted molar refractivity (Wildman–Crippen MR) is 126 cm³/mol. The molecule has 0 saturated heterocycles. The summed E-state index contributed by atoms with van der Waals surface area (Å²) in [5.41, 5.74) is 5.20. The van der Waals surface area contributed by atoms with E-state index in [2.05, 4.69) is 69.2 Å². The Morgan fingerprint density at radius 1 is 1.00 bits per heavy atom. The fourth-order valence-electron chi connectivity index (χ4n) is 4.31. The molecule has 6 nitrogen and oxygen atoms in total. The quantitative estimate of drug-likeness (QED) is 0.619. The van der Waals surface area contributed by atoms with Crippen molar-refractivity contribution in [1.29, 1.82) is 0 Å². The Morgan fingerprint density at radius 2 is 1.81 bits per heavy atom. The van der Waals surface area contributed by atoms with Crippen LogP contribution in [-0.2, 0) is 30.7 Å². The lowest BCUT2D eigenvalue weighted by atomic mass is 10.1. The highest BCUT2D eigenvalue weighted by Crippen LogP contribution is 2.18. The van der Waals surface area contributed by atoms with Crippen LogP contribution in [0.15, 0.2) is 48.5 Å². The second kappa shape index (κ2) is 10.1. The molecule has 4 rings (SSSR count). The van der Waals surface area contributed by atoms with Crippen molar-refractivity contribution in [3.05, 3.63) is 82.4 Å². The van der Waals surface area contributed by atoms with E-state index in [0.717, 1.165) is 50.7 Å². The van der Waals surface area contributed by atoms with Crippen molar-refractivity contribution in [2.45, 2.75) is 59.2 Å². The second-order valence-corrected chi connectivity index (χ2v) is 8.85. The molecule has 0 radical (unpaired) electrons. The first-order valence-electron chi connectivity index (χ1n) is 11.5. The zero-order chi connectivity index (χ0) is 22.5. The molecule has 1 N–H and O–H groups in total. The summed E-state index contributed by atoms with van der Waals surface area (Å²) in [6.07, 6.45) is 2.08. The van der Waals surface area contributed by atoms with Gasteiger partial charge in [-0.1, -0.05) is 48.5 Å². The maximum atomic E-state index is 12.5. The molecular formula is C26H33N5O. The van der Waals surface area contributed by atoms with Crippen LogP contribution >= 0.6 is 0 Å². The van der Waals surface area contributed by atoms with Crippen molar-refractivity contribution < 1.29 is 4.79 Å². The lowest BCUT2D eigenvalue weighted by Crippen LogP contribution is -2.30. The molecule has 1 aliphatic heterocycles. The average Bonchev–Trinajstić information content (AvgIpc) is 3.10. The fraction of sp³-hybridized carbons (Fsp3) is 0.423. The van der Waals surface area contributed by atoms with Gasteiger partial charge in [-0.15, -0.1) is 10.2 Å². The number of carbonyl (C=O) groups is 1. The molecule has 1 unspecified atom stereocenters. The van der Waals surface area contributed by atoms with Crippen molar-refractivity contribution in [3.63, 3.8) is 0 Å². The van der Waals surface area contributed by atoms with E-state index in [1.807, 2.05) is 25.1 Å². The van der Waals surface area contributed by atoms with Gasteiger partial charge in [0.2, 0.25) is 5.91 Å². The van der Waals surface area contributed by atoms with Gasteiger partial charge in [0.1, 0.15) is 5.82 Å². The minimum absolute atomic E-state index is 0.0451. The molecule has 0 bridgehead atoms. The molecule has 1 atom stereocenters. The maximum Gasteiger partial charge on any atom is 0.220 e. The van der Waals surface area contributed by atoms with Gasteiger partial charge in [-0.25, -0.2) is 0 Å². The Balaban J connectivity index is 1.34. The lowest BCUT2D eigenvalue weighted by Gasteiger charge is -2.20. The molecule has 0 fully saturated rings. The molecule has 0 saturated carbocycles. The number of amides is 1. The number of benzene rings is 2. The highest BCUT2D eigenvalue weighted by molar-refractivity contribution is 5.76. The molecule has 0 spiro atoms.